The van der Waals surface area contributed by atoms with Gasteiger partial charge in [-0.3, -0.25) is 0 Å². The van der Waals surface area contributed by atoms with Crippen LogP contribution in [0.25, 0.3) is 0 Å². The fraction of sp³-hybridized carbons (Fsp3) is 0. The van der Waals surface area contributed by atoms with Crippen LogP contribution in [0.3, 0.4) is 0 Å². The maximum Gasteiger partial charge on any atom is 0.152 e. The fourth-order valence-corrected chi connectivity index (χ4v) is 3.13. The van der Waals surface area contributed by atoms with Gasteiger partial charge in [0.2, 0.25) is 0 Å². The topological polar surface area (TPSA) is 36.7 Å². The highest BCUT2D eigenvalue weighted by atomic mass is 79.9. The molecule has 0 saturated carbocycles. The average Bonchev–Trinajstić information content (AvgIpc) is 2.38. The van der Waals surface area contributed by atoms with Crippen molar-refractivity contribution in [1.29, 1.82) is 5.26 Å². The van der Waals surface area contributed by atoms with Crippen molar-refractivity contribution < 1.29 is 4.39 Å². The van der Waals surface area contributed by atoms with E-state index in [1.54, 1.807) is 24.4 Å². The second kappa shape index (κ2) is 5.83. The van der Waals surface area contributed by atoms with Crippen LogP contribution in [0.15, 0.2) is 49.3 Å². The Bertz CT molecular complexity index is 640. The number of nitriles is 1. The fourth-order valence-electron chi connectivity index (χ4n) is 1.25. The zero-order valence-corrected chi connectivity index (χ0v) is 12.8. The molecule has 0 atom stereocenters. The van der Waals surface area contributed by atoms with Crippen molar-refractivity contribution in [1.82, 2.24) is 4.98 Å². The van der Waals surface area contributed by atoms with E-state index in [4.69, 9.17) is 5.26 Å². The Morgan fingerprint density at radius 3 is 2.72 bits per heavy atom. The van der Waals surface area contributed by atoms with E-state index in [0.717, 1.165) is 4.47 Å². The van der Waals surface area contributed by atoms with Gasteiger partial charge in [0, 0.05) is 6.20 Å². The summed E-state index contributed by atoms with van der Waals surface area (Å²) < 4.78 is 15.0. The van der Waals surface area contributed by atoms with Crippen LogP contribution in [-0.2, 0) is 0 Å². The summed E-state index contributed by atoms with van der Waals surface area (Å²) in [4.78, 5) is 4.57. The van der Waals surface area contributed by atoms with Gasteiger partial charge in [-0.25, -0.2) is 9.37 Å². The van der Waals surface area contributed by atoms with Crippen molar-refractivity contribution in [2.24, 2.45) is 0 Å². The van der Waals surface area contributed by atoms with Crippen molar-refractivity contribution in [2.75, 3.05) is 0 Å². The molecule has 0 unspecified atom stereocenters. The summed E-state index contributed by atoms with van der Waals surface area (Å²) in [5, 5.41) is 9.47. The molecule has 0 aliphatic rings. The number of rotatable bonds is 2. The van der Waals surface area contributed by atoms with Crippen molar-refractivity contribution in [3.8, 4) is 6.07 Å². The van der Waals surface area contributed by atoms with E-state index in [2.05, 4.69) is 36.8 Å². The molecule has 0 bridgehead atoms. The van der Waals surface area contributed by atoms with E-state index in [0.29, 0.717) is 9.92 Å². The molecule has 2 rings (SSSR count). The van der Waals surface area contributed by atoms with E-state index in [1.165, 1.54) is 11.8 Å². The van der Waals surface area contributed by atoms with Crippen molar-refractivity contribution >= 4 is 43.6 Å². The zero-order chi connectivity index (χ0) is 13.1. The monoisotopic (exact) mass is 386 g/mol. The summed E-state index contributed by atoms with van der Waals surface area (Å²) in [5.74, 6) is -0.448. The second-order valence-electron chi connectivity index (χ2n) is 3.24. The lowest BCUT2D eigenvalue weighted by Gasteiger charge is -2.06. The number of hydrogen-bond acceptors (Lipinski definition) is 3. The molecule has 6 heteroatoms. The SMILES string of the molecule is N#Cc1ccc(Sc2ncccc2Br)c(F)c1Br. The van der Waals surface area contributed by atoms with Gasteiger partial charge in [0.15, 0.2) is 5.82 Å². The van der Waals surface area contributed by atoms with Crippen LogP contribution in [0.1, 0.15) is 5.56 Å². The predicted octanol–water partition coefficient (Wildman–Crippen LogP) is 4.77. The highest BCUT2D eigenvalue weighted by Gasteiger charge is 2.13. The van der Waals surface area contributed by atoms with Gasteiger partial charge < -0.3 is 0 Å². The third-order valence-corrected chi connectivity index (χ3v) is 4.83. The van der Waals surface area contributed by atoms with Gasteiger partial charge in [-0.1, -0.05) is 11.8 Å². The van der Waals surface area contributed by atoms with Gasteiger partial charge in [0.25, 0.3) is 0 Å². The molecule has 90 valence electrons. The normalized spacial score (nSPS) is 10.1. The van der Waals surface area contributed by atoms with Crippen LogP contribution in [0.2, 0.25) is 0 Å². The van der Waals surface area contributed by atoms with Gasteiger partial charge in [-0.05, 0) is 56.1 Å². The predicted molar refractivity (Wildman–Crippen MR) is 74.9 cm³/mol. The largest absolute Gasteiger partial charge is 0.248 e. The first-order chi connectivity index (χ1) is 8.63. The molecule has 2 aromatic rings. The molecule has 0 aliphatic carbocycles. The Morgan fingerprint density at radius 2 is 2.06 bits per heavy atom. The lowest BCUT2D eigenvalue weighted by Crippen LogP contribution is -1.89. The molecule has 0 spiro atoms. The smallest absolute Gasteiger partial charge is 0.152 e. The van der Waals surface area contributed by atoms with Crippen LogP contribution in [0.5, 0.6) is 0 Å². The first kappa shape index (κ1) is 13.5. The molecule has 1 aromatic heterocycles. The van der Waals surface area contributed by atoms with Gasteiger partial charge in [0.05, 0.1) is 19.4 Å². The Kier molecular flexibility index (Phi) is 4.38. The van der Waals surface area contributed by atoms with Crippen molar-refractivity contribution in [3.05, 3.63) is 50.8 Å². The van der Waals surface area contributed by atoms with E-state index >= 15 is 0 Å². The second-order valence-corrected chi connectivity index (χ2v) is 5.92. The minimum absolute atomic E-state index is 0.182. The number of nitrogens with zero attached hydrogens (tertiary/aromatic N) is 2. The molecule has 18 heavy (non-hydrogen) atoms. The lowest BCUT2D eigenvalue weighted by molar-refractivity contribution is 0.594. The Hall–Kier alpha value is -0.900. The summed E-state index contributed by atoms with van der Waals surface area (Å²) in [7, 11) is 0. The number of halogens is 3. The van der Waals surface area contributed by atoms with Crippen molar-refractivity contribution in [2.45, 2.75) is 9.92 Å². The van der Waals surface area contributed by atoms with Gasteiger partial charge in [-0.15, -0.1) is 0 Å². The summed E-state index contributed by atoms with van der Waals surface area (Å²) in [6.07, 6.45) is 1.64. The molecule has 2 nitrogen and oxygen atoms in total. The lowest BCUT2D eigenvalue weighted by atomic mass is 10.2. The molecule has 0 fully saturated rings. The summed E-state index contributed by atoms with van der Waals surface area (Å²) in [6, 6.07) is 8.70. The summed E-state index contributed by atoms with van der Waals surface area (Å²) >= 11 is 7.64. The Balaban J connectivity index is 2.40. The van der Waals surface area contributed by atoms with E-state index < -0.39 is 5.82 Å². The van der Waals surface area contributed by atoms with Crippen LogP contribution in [0.4, 0.5) is 4.39 Å². The quantitative estimate of drug-likeness (QED) is 0.744. The summed E-state index contributed by atoms with van der Waals surface area (Å²) in [6.45, 7) is 0. The van der Waals surface area contributed by atoms with Gasteiger partial charge in [0.1, 0.15) is 11.1 Å². The molecule has 0 N–H and O–H groups in total. The third kappa shape index (κ3) is 2.74. The molecular formula is C12H5Br2FN2S. The molecule has 0 aliphatic heterocycles. The number of aromatic nitrogens is 1. The van der Waals surface area contributed by atoms with Crippen LogP contribution < -0.4 is 0 Å². The molecule has 1 aromatic carbocycles. The minimum atomic E-state index is -0.448. The van der Waals surface area contributed by atoms with E-state index in [9.17, 15) is 4.39 Å². The summed E-state index contributed by atoms with van der Waals surface area (Å²) in [5.41, 5.74) is 0.275. The highest BCUT2D eigenvalue weighted by Crippen LogP contribution is 2.36. The van der Waals surface area contributed by atoms with Crippen molar-refractivity contribution in [3.63, 3.8) is 0 Å². The van der Waals surface area contributed by atoms with Crippen LogP contribution >= 0.6 is 43.6 Å². The first-order valence-electron chi connectivity index (χ1n) is 4.80. The molecule has 1 heterocycles. The van der Waals surface area contributed by atoms with E-state index in [1.807, 2.05) is 12.1 Å². The first-order valence-corrected chi connectivity index (χ1v) is 7.20. The molecule has 0 saturated heterocycles. The van der Waals surface area contributed by atoms with Crippen LogP contribution in [-0.4, -0.2) is 4.98 Å². The van der Waals surface area contributed by atoms with Gasteiger partial charge >= 0.3 is 0 Å². The minimum Gasteiger partial charge on any atom is -0.248 e. The highest BCUT2D eigenvalue weighted by molar-refractivity contribution is 9.10. The Labute approximate surface area is 124 Å². The third-order valence-electron chi connectivity index (χ3n) is 2.10. The molecule has 0 radical (unpaired) electrons. The molecular weight excluding hydrogens is 383 g/mol. The standard InChI is InChI=1S/C12H5Br2FN2S/c13-8-2-1-5-17-12(8)18-9-4-3-7(6-16)10(14)11(9)15/h1-5H. The van der Waals surface area contributed by atoms with Gasteiger partial charge in [-0.2, -0.15) is 5.26 Å². The number of hydrogen-bond donors (Lipinski definition) is 0. The van der Waals surface area contributed by atoms with E-state index in [-0.39, 0.29) is 10.0 Å². The maximum atomic E-state index is 14.0. The number of benzene rings is 1. The zero-order valence-electron chi connectivity index (χ0n) is 8.82. The average molecular weight is 388 g/mol. The Morgan fingerprint density at radius 1 is 1.28 bits per heavy atom. The number of pyridine rings is 1. The maximum absolute atomic E-state index is 14.0. The molecule has 0 amide bonds. The van der Waals surface area contributed by atoms with Crippen LogP contribution in [0, 0.1) is 17.1 Å².